The minimum absolute atomic E-state index is 0.205. The van der Waals surface area contributed by atoms with Gasteiger partial charge in [-0.1, -0.05) is 6.07 Å². The molecule has 1 fully saturated rings. The van der Waals surface area contributed by atoms with Crippen LogP contribution < -0.4 is 5.32 Å². The van der Waals surface area contributed by atoms with Crippen LogP contribution in [0.5, 0.6) is 0 Å². The Bertz CT molecular complexity index is 1340. The highest BCUT2D eigenvalue weighted by molar-refractivity contribution is 6.05. The second kappa shape index (κ2) is 7.20. The van der Waals surface area contributed by atoms with Gasteiger partial charge in [-0.2, -0.15) is 5.26 Å². The molecule has 0 bridgehead atoms. The van der Waals surface area contributed by atoms with Gasteiger partial charge in [0.2, 0.25) is 11.8 Å². The Morgan fingerprint density at radius 2 is 1.94 bits per heavy atom. The molecule has 0 saturated carbocycles. The van der Waals surface area contributed by atoms with E-state index in [1.807, 2.05) is 43.1 Å². The highest BCUT2D eigenvalue weighted by Crippen LogP contribution is 2.35. The zero-order chi connectivity index (χ0) is 22.6. The molecule has 0 spiro atoms. The molecule has 9 nitrogen and oxygen atoms in total. The molecular weight excluding hydrogens is 408 g/mol. The molecule has 2 aliphatic rings. The quantitative estimate of drug-likeness (QED) is 0.639. The lowest BCUT2D eigenvalue weighted by Gasteiger charge is -2.29. The van der Waals surface area contributed by atoms with E-state index in [1.54, 1.807) is 17.0 Å². The van der Waals surface area contributed by atoms with E-state index in [0.717, 1.165) is 28.1 Å². The van der Waals surface area contributed by atoms with Gasteiger partial charge in [0.25, 0.3) is 5.91 Å². The van der Waals surface area contributed by atoms with Crippen LogP contribution in [0.15, 0.2) is 36.8 Å². The average molecular weight is 428 g/mol. The molecule has 5 rings (SSSR count). The van der Waals surface area contributed by atoms with Crippen LogP contribution in [0.4, 0.5) is 0 Å². The van der Waals surface area contributed by atoms with Crippen LogP contribution in [0.25, 0.3) is 22.5 Å². The fourth-order valence-corrected chi connectivity index (χ4v) is 4.51. The predicted molar refractivity (Wildman–Crippen MR) is 114 cm³/mol. The number of benzene rings is 1. The van der Waals surface area contributed by atoms with Crippen LogP contribution in [0, 0.1) is 11.3 Å². The van der Waals surface area contributed by atoms with E-state index in [2.05, 4.69) is 16.4 Å². The molecule has 0 aliphatic carbocycles. The molecule has 9 heteroatoms. The van der Waals surface area contributed by atoms with Crippen molar-refractivity contribution in [3.63, 3.8) is 0 Å². The summed E-state index contributed by atoms with van der Waals surface area (Å²) in [4.78, 5) is 42.8. The Morgan fingerprint density at radius 3 is 2.66 bits per heavy atom. The maximum atomic E-state index is 12.9. The highest BCUT2D eigenvalue weighted by atomic mass is 16.2. The van der Waals surface area contributed by atoms with E-state index in [0.29, 0.717) is 24.2 Å². The van der Waals surface area contributed by atoms with E-state index in [9.17, 15) is 19.6 Å². The number of fused-ring (bicyclic) bond motifs is 1. The number of nitrogens with zero attached hydrogens (tertiary/aromatic N) is 5. The van der Waals surface area contributed by atoms with Crippen LogP contribution in [0.3, 0.4) is 0 Å². The monoisotopic (exact) mass is 428 g/mol. The van der Waals surface area contributed by atoms with Gasteiger partial charge < -0.3 is 14.0 Å². The van der Waals surface area contributed by atoms with Gasteiger partial charge in [0.15, 0.2) is 0 Å². The van der Waals surface area contributed by atoms with Gasteiger partial charge in [0, 0.05) is 49.9 Å². The van der Waals surface area contributed by atoms with Gasteiger partial charge in [-0.15, -0.1) is 0 Å². The molecule has 1 N–H and O–H groups in total. The first-order valence-corrected chi connectivity index (χ1v) is 10.2. The van der Waals surface area contributed by atoms with E-state index in [4.69, 9.17) is 0 Å². The average Bonchev–Trinajstić information content (AvgIpc) is 3.42. The minimum atomic E-state index is -0.643. The second-order valence-corrected chi connectivity index (χ2v) is 8.16. The summed E-state index contributed by atoms with van der Waals surface area (Å²) in [5.41, 5.74) is 5.26. The number of nitrogens with one attached hydrogen (secondary N) is 1. The van der Waals surface area contributed by atoms with Crippen molar-refractivity contribution < 1.29 is 14.4 Å². The van der Waals surface area contributed by atoms with Crippen molar-refractivity contribution >= 4 is 17.7 Å². The topological polar surface area (TPSA) is 113 Å². The highest BCUT2D eigenvalue weighted by Gasteiger charge is 2.39. The molecule has 4 heterocycles. The molecule has 32 heavy (non-hydrogen) atoms. The molecule has 2 aromatic heterocycles. The minimum Gasteiger partial charge on any atom is -0.342 e. The fraction of sp³-hybridized carbons (Fsp3) is 0.261. The summed E-state index contributed by atoms with van der Waals surface area (Å²) in [7, 11) is 3.72. The predicted octanol–water partition coefficient (Wildman–Crippen LogP) is 1.73. The molecule has 160 valence electrons. The number of imidazole rings is 1. The maximum absolute atomic E-state index is 12.9. The number of aromatic nitrogens is 3. The lowest BCUT2D eigenvalue weighted by molar-refractivity contribution is -0.136. The number of hydrogen-bond donors (Lipinski definition) is 1. The van der Waals surface area contributed by atoms with Crippen LogP contribution in [0.1, 0.15) is 34.5 Å². The van der Waals surface area contributed by atoms with Gasteiger partial charge in [-0.25, -0.2) is 4.98 Å². The molecular formula is C23H20N6O3. The zero-order valence-electron chi connectivity index (χ0n) is 17.6. The summed E-state index contributed by atoms with van der Waals surface area (Å²) in [6, 6.07) is 8.90. The van der Waals surface area contributed by atoms with Crippen molar-refractivity contribution in [2.24, 2.45) is 14.1 Å². The Morgan fingerprint density at radius 1 is 1.12 bits per heavy atom. The number of hydrogen-bond acceptors (Lipinski definition) is 5. The van der Waals surface area contributed by atoms with E-state index >= 15 is 0 Å². The molecule has 0 radical (unpaired) electrons. The largest absolute Gasteiger partial charge is 0.342 e. The Hall–Kier alpha value is -4.19. The summed E-state index contributed by atoms with van der Waals surface area (Å²) < 4.78 is 3.67. The first kappa shape index (κ1) is 19.8. The van der Waals surface area contributed by atoms with Crippen LogP contribution in [0.2, 0.25) is 0 Å². The van der Waals surface area contributed by atoms with Gasteiger partial charge in [0.1, 0.15) is 17.8 Å². The fourth-order valence-electron chi connectivity index (χ4n) is 4.51. The number of piperidine rings is 1. The number of carbonyl (C=O) groups is 3. The molecule has 1 saturated heterocycles. The SMILES string of the molecule is Cn1cc(-c2c(-c3ccc4c(c3)CN([C@H]3CCC(=O)NC3=O)C4=O)ncn2C)cc1C#N. The summed E-state index contributed by atoms with van der Waals surface area (Å²) in [6.07, 6.45) is 4.16. The molecule has 2 aliphatic heterocycles. The Balaban J connectivity index is 1.50. The first-order chi connectivity index (χ1) is 15.4. The van der Waals surface area contributed by atoms with Crippen molar-refractivity contribution in [2.45, 2.75) is 25.4 Å². The van der Waals surface area contributed by atoms with Crippen molar-refractivity contribution in [3.8, 4) is 28.6 Å². The van der Waals surface area contributed by atoms with Gasteiger partial charge in [-0.3, -0.25) is 19.7 Å². The van der Waals surface area contributed by atoms with Crippen molar-refractivity contribution in [1.82, 2.24) is 24.3 Å². The third kappa shape index (κ3) is 3.00. The van der Waals surface area contributed by atoms with E-state index in [-0.39, 0.29) is 18.2 Å². The summed E-state index contributed by atoms with van der Waals surface area (Å²) in [5.74, 6) is -0.933. The Labute approximate surface area is 183 Å². The third-order valence-corrected chi connectivity index (χ3v) is 6.13. The first-order valence-electron chi connectivity index (χ1n) is 10.2. The lowest BCUT2D eigenvalue weighted by Crippen LogP contribution is -2.52. The molecule has 3 aromatic rings. The number of carbonyl (C=O) groups excluding carboxylic acids is 3. The number of amides is 3. The normalized spacial score (nSPS) is 18.0. The van der Waals surface area contributed by atoms with Crippen LogP contribution in [-0.2, 0) is 30.2 Å². The maximum Gasteiger partial charge on any atom is 0.255 e. The van der Waals surface area contributed by atoms with Gasteiger partial charge in [0.05, 0.1) is 17.7 Å². The zero-order valence-corrected chi connectivity index (χ0v) is 17.6. The van der Waals surface area contributed by atoms with E-state index < -0.39 is 11.9 Å². The summed E-state index contributed by atoms with van der Waals surface area (Å²) in [6.45, 7) is 0.306. The van der Waals surface area contributed by atoms with Crippen molar-refractivity contribution in [2.75, 3.05) is 0 Å². The number of aryl methyl sites for hydroxylation is 2. The summed E-state index contributed by atoms with van der Waals surface area (Å²) >= 11 is 0. The summed E-state index contributed by atoms with van der Waals surface area (Å²) in [5, 5.41) is 11.6. The number of nitriles is 1. The van der Waals surface area contributed by atoms with Gasteiger partial charge in [-0.05, 0) is 30.2 Å². The molecule has 1 aromatic carbocycles. The molecule has 0 unspecified atom stereocenters. The van der Waals surface area contributed by atoms with Crippen molar-refractivity contribution in [1.29, 1.82) is 5.26 Å². The van der Waals surface area contributed by atoms with E-state index in [1.165, 1.54) is 4.90 Å². The smallest absolute Gasteiger partial charge is 0.255 e. The lowest BCUT2D eigenvalue weighted by atomic mass is 10.0. The standard InChI is InChI=1S/C23H20N6O3/c1-27-10-15(8-16(27)9-24)21-20(25-12-28(21)2)13-3-4-17-14(7-13)11-29(23(17)32)18-5-6-19(30)26-22(18)31/h3-4,7-8,10,12,18H,5-6,11H2,1-2H3,(H,26,30,31)/t18-/m0/s1. The second-order valence-electron chi connectivity index (χ2n) is 8.16. The number of rotatable bonds is 3. The third-order valence-electron chi connectivity index (χ3n) is 6.13. The molecule has 3 amide bonds. The molecule has 1 atom stereocenters. The Kier molecular flexibility index (Phi) is 4.44. The van der Waals surface area contributed by atoms with Crippen LogP contribution in [-0.4, -0.2) is 42.8 Å². The van der Waals surface area contributed by atoms with Gasteiger partial charge >= 0.3 is 0 Å². The van der Waals surface area contributed by atoms with Crippen LogP contribution >= 0.6 is 0 Å². The number of imide groups is 1. The van der Waals surface area contributed by atoms with Crippen molar-refractivity contribution in [3.05, 3.63) is 53.6 Å².